The number of nitrogens with two attached hydrogens (primary N) is 1. The van der Waals surface area contributed by atoms with Gasteiger partial charge < -0.3 is 10.6 Å². The zero-order valence-electron chi connectivity index (χ0n) is 9.40. The highest BCUT2D eigenvalue weighted by Crippen LogP contribution is 2.25. The van der Waals surface area contributed by atoms with Crippen molar-refractivity contribution >= 4 is 22.4 Å². The summed E-state index contributed by atoms with van der Waals surface area (Å²) in [5.74, 6) is -0.0664. The zero-order valence-corrected chi connectivity index (χ0v) is 9.40. The van der Waals surface area contributed by atoms with Crippen molar-refractivity contribution in [2.45, 2.75) is 0 Å². The smallest absolute Gasteiger partial charge is 0.255 e. The van der Waals surface area contributed by atoms with Crippen LogP contribution in [0.25, 0.3) is 10.8 Å². The average molecular weight is 214 g/mol. The van der Waals surface area contributed by atoms with E-state index in [2.05, 4.69) is 0 Å². The van der Waals surface area contributed by atoms with Crippen LogP contribution in [0.5, 0.6) is 0 Å². The van der Waals surface area contributed by atoms with Crippen LogP contribution in [0.4, 0.5) is 5.69 Å². The van der Waals surface area contributed by atoms with E-state index in [0.717, 1.165) is 10.8 Å². The Labute approximate surface area is 94.5 Å². The van der Waals surface area contributed by atoms with Crippen molar-refractivity contribution in [2.75, 3.05) is 19.8 Å². The van der Waals surface area contributed by atoms with Gasteiger partial charge in [0.2, 0.25) is 0 Å². The van der Waals surface area contributed by atoms with Gasteiger partial charge in [0.1, 0.15) is 0 Å². The SMILES string of the molecule is CN(C)C(=O)c1ccc2ccccc2c1N. The predicted octanol–water partition coefficient (Wildman–Crippen LogP) is 2.12. The first-order valence-corrected chi connectivity index (χ1v) is 5.10. The summed E-state index contributed by atoms with van der Waals surface area (Å²) in [4.78, 5) is 13.4. The van der Waals surface area contributed by atoms with Gasteiger partial charge in [0.25, 0.3) is 5.91 Å². The molecule has 0 aliphatic rings. The number of carbonyl (C=O) groups is 1. The molecule has 2 N–H and O–H groups in total. The number of amides is 1. The van der Waals surface area contributed by atoms with Gasteiger partial charge >= 0.3 is 0 Å². The first-order valence-electron chi connectivity index (χ1n) is 5.10. The highest BCUT2D eigenvalue weighted by Gasteiger charge is 2.13. The van der Waals surface area contributed by atoms with Crippen LogP contribution in [-0.4, -0.2) is 24.9 Å². The molecule has 0 saturated carbocycles. The van der Waals surface area contributed by atoms with Gasteiger partial charge in [0, 0.05) is 19.5 Å². The average Bonchev–Trinajstić information content (AvgIpc) is 2.29. The predicted molar refractivity (Wildman–Crippen MR) is 66.4 cm³/mol. The first-order chi connectivity index (χ1) is 7.61. The van der Waals surface area contributed by atoms with Crippen LogP contribution in [0.15, 0.2) is 36.4 Å². The van der Waals surface area contributed by atoms with Gasteiger partial charge in [-0.2, -0.15) is 0 Å². The summed E-state index contributed by atoms with van der Waals surface area (Å²) in [6.07, 6.45) is 0. The normalized spacial score (nSPS) is 10.4. The van der Waals surface area contributed by atoms with Crippen molar-refractivity contribution in [1.82, 2.24) is 4.90 Å². The molecule has 2 aromatic rings. The number of rotatable bonds is 1. The van der Waals surface area contributed by atoms with Crippen LogP contribution >= 0.6 is 0 Å². The van der Waals surface area contributed by atoms with Crippen molar-refractivity contribution < 1.29 is 4.79 Å². The molecule has 0 aromatic heterocycles. The van der Waals surface area contributed by atoms with E-state index in [1.807, 2.05) is 30.3 Å². The van der Waals surface area contributed by atoms with E-state index in [-0.39, 0.29) is 5.91 Å². The summed E-state index contributed by atoms with van der Waals surface area (Å²) in [7, 11) is 3.44. The van der Waals surface area contributed by atoms with Gasteiger partial charge in [-0.1, -0.05) is 30.3 Å². The number of benzene rings is 2. The lowest BCUT2D eigenvalue weighted by Crippen LogP contribution is -2.22. The number of hydrogen-bond donors (Lipinski definition) is 1. The fraction of sp³-hybridized carbons (Fsp3) is 0.154. The fourth-order valence-corrected chi connectivity index (χ4v) is 1.72. The maximum absolute atomic E-state index is 11.9. The molecule has 1 amide bonds. The quantitative estimate of drug-likeness (QED) is 0.739. The first kappa shape index (κ1) is 10.5. The van der Waals surface area contributed by atoms with Gasteiger partial charge in [0.15, 0.2) is 0 Å². The molecule has 0 bridgehead atoms. The molecule has 0 radical (unpaired) electrons. The minimum Gasteiger partial charge on any atom is -0.398 e. The maximum Gasteiger partial charge on any atom is 0.255 e. The lowest BCUT2D eigenvalue weighted by atomic mass is 10.0. The van der Waals surface area contributed by atoms with E-state index in [9.17, 15) is 4.79 Å². The molecule has 0 unspecified atom stereocenters. The van der Waals surface area contributed by atoms with Crippen molar-refractivity contribution in [3.63, 3.8) is 0 Å². The van der Waals surface area contributed by atoms with E-state index in [1.165, 1.54) is 4.90 Å². The number of anilines is 1. The summed E-state index contributed by atoms with van der Waals surface area (Å²) in [5.41, 5.74) is 7.12. The van der Waals surface area contributed by atoms with Crippen molar-refractivity contribution in [1.29, 1.82) is 0 Å². The van der Waals surface area contributed by atoms with Gasteiger partial charge in [-0.15, -0.1) is 0 Å². The van der Waals surface area contributed by atoms with E-state index in [4.69, 9.17) is 5.73 Å². The van der Waals surface area contributed by atoms with E-state index in [0.29, 0.717) is 11.3 Å². The molecule has 2 rings (SSSR count). The lowest BCUT2D eigenvalue weighted by molar-refractivity contribution is 0.0829. The van der Waals surface area contributed by atoms with Gasteiger partial charge in [0.05, 0.1) is 11.3 Å². The van der Waals surface area contributed by atoms with Crippen LogP contribution in [0, 0.1) is 0 Å². The molecule has 3 nitrogen and oxygen atoms in total. The topological polar surface area (TPSA) is 46.3 Å². The summed E-state index contributed by atoms with van der Waals surface area (Å²) >= 11 is 0. The minimum atomic E-state index is -0.0664. The molecule has 82 valence electrons. The molecular weight excluding hydrogens is 200 g/mol. The summed E-state index contributed by atoms with van der Waals surface area (Å²) in [6, 6.07) is 11.5. The Balaban J connectivity index is 2.65. The van der Waals surface area contributed by atoms with Crippen LogP contribution in [0.3, 0.4) is 0 Å². The number of carbonyl (C=O) groups excluding carboxylic acids is 1. The monoisotopic (exact) mass is 214 g/mol. The second-order valence-electron chi connectivity index (χ2n) is 3.95. The standard InChI is InChI=1S/C13H14N2O/c1-15(2)13(16)11-8-7-9-5-3-4-6-10(9)12(11)14/h3-8H,14H2,1-2H3. The molecule has 0 aliphatic heterocycles. The van der Waals surface area contributed by atoms with E-state index >= 15 is 0 Å². The lowest BCUT2D eigenvalue weighted by Gasteiger charge is -2.13. The number of hydrogen-bond acceptors (Lipinski definition) is 2. The Hall–Kier alpha value is -2.03. The summed E-state index contributed by atoms with van der Waals surface area (Å²) in [6.45, 7) is 0. The van der Waals surface area contributed by atoms with Gasteiger partial charge in [-0.25, -0.2) is 0 Å². The molecular formula is C13H14N2O. The van der Waals surface area contributed by atoms with Crippen LogP contribution < -0.4 is 5.73 Å². The van der Waals surface area contributed by atoms with Crippen LogP contribution in [0.1, 0.15) is 10.4 Å². The highest BCUT2D eigenvalue weighted by molar-refractivity contribution is 6.07. The number of nitrogen functional groups attached to an aromatic ring is 1. The second kappa shape index (κ2) is 3.85. The fourth-order valence-electron chi connectivity index (χ4n) is 1.72. The molecule has 0 atom stereocenters. The minimum absolute atomic E-state index is 0.0664. The van der Waals surface area contributed by atoms with Gasteiger partial charge in [-0.05, 0) is 11.5 Å². The van der Waals surface area contributed by atoms with Crippen LogP contribution in [0.2, 0.25) is 0 Å². The maximum atomic E-state index is 11.9. The Morgan fingerprint density at radius 3 is 2.50 bits per heavy atom. The van der Waals surface area contributed by atoms with Gasteiger partial charge in [-0.3, -0.25) is 4.79 Å². The largest absolute Gasteiger partial charge is 0.398 e. The van der Waals surface area contributed by atoms with Crippen molar-refractivity contribution in [2.24, 2.45) is 0 Å². The number of nitrogens with zero attached hydrogens (tertiary/aromatic N) is 1. The van der Waals surface area contributed by atoms with E-state index < -0.39 is 0 Å². The Kier molecular flexibility index (Phi) is 2.52. The highest BCUT2D eigenvalue weighted by atomic mass is 16.2. The third kappa shape index (κ3) is 1.60. The Morgan fingerprint density at radius 1 is 1.12 bits per heavy atom. The van der Waals surface area contributed by atoms with Crippen molar-refractivity contribution in [3.8, 4) is 0 Å². The molecule has 0 saturated heterocycles. The molecule has 2 aromatic carbocycles. The second-order valence-corrected chi connectivity index (χ2v) is 3.95. The molecule has 3 heteroatoms. The third-order valence-corrected chi connectivity index (χ3v) is 2.61. The van der Waals surface area contributed by atoms with E-state index in [1.54, 1.807) is 20.2 Å². The summed E-state index contributed by atoms with van der Waals surface area (Å²) < 4.78 is 0. The number of fused-ring (bicyclic) bond motifs is 1. The zero-order chi connectivity index (χ0) is 11.7. The van der Waals surface area contributed by atoms with Crippen LogP contribution in [-0.2, 0) is 0 Å². The third-order valence-electron chi connectivity index (χ3n) is 2.61. The Bertz CT molecular complexity index is 547. The molecule has 0 spiro atoms. The van der Waals surface area contributed by atoms with Crippen molar-refractivity contribution in [3.05, 3.63) is 42.0 Å². The molecule has 0 fully saturated rings. The summed E-state index contributed by atoms with van der Waals surface area (Å²) in [5, 5.41) is 1.98. The Morgan fingerprint density at radius 2 is 1.81 bits per heavy atom. The molecule has 0 aliphatic carbocycles. The molecule has 0 heterocycles. The molecule has 16 heavy (non-hydrogen) atoms.